The molecule has 0 radical (unpaired) electrons. The highest BCUT2D eigenvalue weighted by atomic mass is 32.1. The number of nitrogens with zero attached hydrogens (tertiary/aromatic N) is 2. The minimum absolute atomic E-state index is 0.314. The number of aromatic nitrogens is 2. The lowest BCUT2D eigenvalue weighted by molar-refractivity contribution is 0.0950. The Morgan fingerprint density at radius 3 is 2.74 bits per heavy atom. The van der Waals surface area contributed by atoms with Crippen molar-refractivity contribution < 1.29 is 4.79 Å². The highest BCUT2D eigenvalue weighted by molar-refractivity contribution is 7.13. The van der Waals surface area contributed by atoms with Gasteiger partial charge in [-0.3, -0.25) is 9.89 Å². The Morgan fingerprint density at radius 1 is 1.26 bits per heavy atom. The van der Waals surface area contributed by atoms with Crippen LogP contribution in [0.15, 0.2) is 52.9 Å². The van der Waals surface area contributed by atoms with Gasteiger partial charge in [-0.05, 0) is 36.9 Å². The summed E-state index contributed by atoms with van der Waals surface area (Å²) in [5, 5.41) is 13.0. The predicted molar refractivity (Wildman–Crippen MR) is 92.8 cm³/mol. The summed E-state index contributed by atoms with van der Waals surface area (Å²) in [6, 6.07) is 13.6. The minimum atomic E-state index is -0.337. The molecule has 2 heterocycles. The monoisotopic (exact) mass is 324 g/mol. The van der Waals surface area contributed by atoms with Gasteiger partial charge in [-0.1, -0.05) is 35.9 Å². The lowest BCUT2D eigenvalue weighted by Crippen LogP contribution is -2.19. The minimum Gasteiger partial charge on any atom is -0.276 e. The Morgan fingerprint density at radius 2 is 2.04 bits per heavy atom. The molecule has 23 heavy (non-hydrogen) atoms. The molecule has 5 nitrogen and oxygen atoms in total. The smallest absolute Gasteiger partial charge is 0.276 e. The van der Waals surface area contributed by atoms with Gasteiger partial charge in [-0.2, -0.15) is 10.2 Å². The van der Waals surface area contributed by atoms with E-state index < -0.39 is 0 Å². The van der Waals surface area contributed by atoms with Gasteiger partial charge in [-0.25, -0.2) is 5.43 Å². The molecule has 0 saturated carbocycles. The number of rotatable bonds is 4. The summed E-state index contributed by atoms with van der Waals surface area (Å²) in [5.41, 5.74) is 6.57. The van der Waals surface area contributed by atoms with Crippen molar-refractivity contribution in [1.29, 1.82) is 0 Å². The van der Waals surface area contributed by atoms with Gasteiger partial charge in [0.15, 0.2) is 5.69 Å². The lowest BCUT2D eigenvalue weighted by Gasteiger charge is -2.02. The van der Waals surface area contributed by atoms with Crippen molar-refractivity contribution in [2.45, 2.75) is 13.8 Å². The molecule has 0 aliphatic carbocycles. The summed E-state index contributed by atoms with van der Waals surface area (Å²) in [7, 11) is 0. The topological polar surface area (TPSA) is 70.1 Å². The number of aryl methyl sites for hydroxylation is 1. The first-order chi connectivity index (χ1) is 11.1. The second-order valence-corrected chi connectivity index (χ2v) is 6.10. The Kier molecular flexibility index (Phi) is 4.34. The van der Waals surface area contributed by atoms with Crippen LogP contribution in [-0.2, 0) is 0 Å². The maximum Gasteiger partial charge on any atom is 0.291 e. The van der Waals surface area contributed by atoms with Crippen LogP contribution in [0.1, 0.15) is 28.5 Å². The molecule has 3 aromatic rings. The van der Waals surface area contributed by atoms with Crippen LogP contribution in [0, 0.1) is 6.92 Å². The fourth-order valence-corrected chi connectivity index (χ4v) is 2.74. The highest BCUT2D eigenvalue weighted by Gasteiger charge is 2.11. The van der Waals surface area contributed by atoms with Crippen molar-refractivity contribution in [2.75, 3.05) is 0 Å². The van der Waals surface area contributed by atoms with Crippen molar-refractivity contribution in [3.8, 4) is 10.6 Å². The number of benzene rings is 1. The fraction of sp³-hybridized carbons (Fsp3) is 0.118. The number of hydrogen-bond donors (Lipinski definition) is 2. The van der Waals surface area contributed by atoms with Gasteiger partial charge in [-0.15, -0.1) is 11.3 Å². The van der Waals surface area contributed by atoms with Crippen LogP contribution in [0.3, 0.4) is 0 Å². The molecule has 0 atom stereocenters. The molecule has 1 aromatic carbocycles. The van der Waals surface area contributed by atoms with Crippen LogP contribution < -0.4 is 5.43 Å². The Balaban J connectivity index is 1.69. The van der Waals surface area contributed by atoms with Crippen LogP contribution in [0.2, 0.25) is 0 Å². The van der Waals surface area contributed by atoms with E-state index in [9.17, 15) is 4.79 Å². The van der Waals surface area contributed by atoms with Gasteiger partial charge in [0, 0.05) is 0 Å². The van der Waals surface area contributed by atoms with Crippen LogP contribution in [0.4, 0.5) is 0 Å². The average molecular weight is 324 g/mol. The van der Waals surface area contributed by atoms with Gasteiger partial charge < -0.3 is 0 Å². The van der Waals surface area contributed by atoms with Gasteiger partial charge >= 0.3 is 0 Å². The van der Waals surface area contributed by atoms with Crippen molar-refractivity contribution >= 4 is 23.0 Å². The van der Waals surface area contributed by atoms with E-state index in [0.29, 0.717) is 5.69 Å². The molecule has 0 spiro atoms. The molecule has 0 saturated heterocycles. The first-order valence-electron chi connectivity index (χ1n) is 7.14. The molecule has 2 aromatic heterocycles. The standard InChI is InChI=1S/C17H16N4OS/c1-11-5-7-13(8-6-11)12(2)18-21-17(22)15-10-14(19-20-15)16-4-3-9-23-16/h3-10H,1-2H3,(H,19,20)(H,21,22). The van der Waals surface area contributed by atoms with E-state index in [1.54, 1.807) is 17.4 Å². The maximum absolute atomic E-state index is 12.1. The fourth-order valence-electron chi connectivity index (χ4n) is 2.05. The molecule has 0 fully saturated rings. The maximum atomic E-state index is 12.1. The van der Waals surface area contributed by atoms with Crippen molar-refractivity contribution in [3.63, 3.8) is 0 Å². The van der Waals surface area contributed by atoms with Gasteiger partial charge in [0.1, 0.15) is 0 Å². The second kappa shape index (κ2) is 6.58. The zero-order valence-corrected chi connectivity index (χ0v) is 13.6. The summed E-state index contributed by atoms with van der Waals surface area (Å²) in [5.74, 6) is -0.337. The number of H-pyrrole nitrogens is 1. The van der Waals surface area contributed by atoms with E-state index in [1.165, 1.54) is 5.56 Å². The molecule has 0 unspecified atom stereocenters. The summed E-state index contributed by atoms with van der Waals surface area (Å²) in [6.07, 6.45) is 0. The quantitative estimate of drug-likeness (QED) is 0.568. The van der Waals surface area contributed by atoms with Crippen molar-refractivity contribution in [2.24, 2.45) is 5.10 Å². The molecule has 116 valence electrons. The van der Waals surface area contributed by atoms with Gasteiger partial charge in [0.25, 0.3) is 5.91 Å². The number of aromatic amines is 1. The molecule has 0 aliphatic heterocycles. The number of carbonyl (C=O) groups excluding carboxylic acids is 1. The van der Waals surface area contributed by atoms with Gasteiger partial charge in [0.05, 0.1) is 16.3 Å². The molecule has 0 bridgehead atoms. The number of hydrogen-bond acceptors (Lipinski definition) is 4. The molecular weight excluding hydrogens is 308 g/mol. The van der Waals surface area contributed by atoms with Crippen LogP contribution in [-0.4, -0.2) is 21.8 Å². The van der Waals surface area contributed by atoms with Crippen LogP contribution >= 0.6 is 11.3 Å². The van der Waals surface area contributed by atoms with E-state index in [2.05, 4.69) is 20.7 Å². The third-order valence-electron chi connectivity index (χ3n) is 3.39. The van der Waals surface area contributed by atoms with E-state index >= 15 is 0 Å². The Labute approximate surface area is 138 Å². The van der Waals surface area contributed by atoms with E-state index in [1.807, 2.05) is 55.6 Å². The largest absolute Gasteiger partial charge is 0.291 e. The average Bonchev–Trinajstić information content (AvgIpc) is 3.23. The second-order valence-electron chi connectivity index (χ2n) is 5.15. The van der Waals surface area contributed by atoms with Crippen LogP contribution in [0.5, 0.6) is 0 Å². The van der Waals surface area contributed by atoms with Crippen molar-refractivity contribution in [3.05, 3.63) is 64.7 Å². The summed E-state index contributed by atoms with van der Waals surface area (Å²) in [6.45, 7) is 3.88. The first kappa shape index (κ1) is 15.2. The summed E-state index contributed by atoms with van der Waals surface area (Å²) in [4.78, 5) is 13.2. The third kappa shape index (κ3) is 3.54. The summed E-state index contributed by atoms with van der Waals surface area (Å²) >= 11 is 1.59. The molecule has 0 aliphatic rings. The highest BCUT2D eigenvalue weighted by Crippen LogP contribution is 2.22. The zero-order valence-electron chi connectivity index (χ0n) is 12.8. The van der Waals surface area contributed by atoms with E-state index in [4.69, 9.17) is 0 Å². The van der Waals surface area contributed by atoms with Gasteiger partial charge in [0.2, 0.25) is 0 Å². The van der Waals surface area contributed by atoms with E-state index in [-0.39, 0.29) is 5.91 Å². The van der Waals surface area contributed by atoms with E-state index in [0.717, 1.165) is 21.8 Å². The molecular formula is C17H16N4OS. The SMILES string of the molecule is CC(=NNC(=O)c1cc(-c2cccs2)[nH]n1)c1ccc(C)cc1. The number of carbonyl (C=O) groups is 1. The molecule has 3 rings (SSSR count). The number of hydrazone groups is 1. The number of amides is 1. The van der Waals surface area contributed by atoms with Crippen LogP contribution in [0.25, 0.3) is 10.6 Å². The third-order valence-corrected chi connectivity index (χ3v) is 4.29. The molecule has 2 N–H and O–H groups in total. The normalized spacial score (nSPS) is 11.5. The molecule has 1 amide bonds. The Hall–Kier alpha value is -2.73. The van der Waals surface area contributed by atoms with Crippen molar-refractivity contribution in [1.82, 2.24) is 15.6 Å². The first-order valence-corrected chi connectivity index (χ1v) is 8.02. The predicted octanol–water partition coefficient (Wildman–Crippen LogP) is 3.60. The summed E-state index contributed by atoms with van der Waals surface area (Å²) < 4.78 is 0. The zero-order chi connectivity index (χ0) is 16.2. The lowest BCUT2D eigenvalue weighted by atomic mass is 10.1. The molecule has 6 heteroatoms. The number of thiophene rings is 1. The Bertz CT molecular complexity index is 832. The number of nitrogens with one attached hydrogen (secondary N) is 2.